The summed E-state index contributed by atoms with van der Waals surface area (Å²) in [6.45, 7) is 4.09. The fraction of sp³-hybridized carbons (Fsp3) is 0.167. The van der Waals surface area contributed by atoms with Crippen LogP contribution in [0, 0.1) is 11.6 Å². The number of rotatable bonds is 6. The Bertz CT molecular complexity index is 1240. The molecular weight excluding hydrogens is 471 g/mol. The lowest BCUT2D eigenvalue weighted by molar-refractivity contribution is 0.570. The van der Waals surface area contributed by atoms with Gasteiger partial charge in [0.1, 0.15) is 17.5 Å². The van der Waals surface area contributed by atoms with Crippen LogP contribution in [0.5, 0.6) is 0 Å². The molecule has 0 unspecified atom stereocenters. The van der Waals surface area contributed by atoms with E-state index in [1.807, 2.05) is 42.7 Å². The Morgan fingerprint density at radius 2 is 1.53 bits per heavy atom. The molecule has 0 aliphatic carbocycles. The minimum atomic E-state index is -0.516. The van der Waals surface area contributed by atoms with Gasteiger partial charge in [0, 0.05) is 21.5 Å². The molecule has 1 heterocycles. The van der Waals surface area contributed by atoms with Crippen molar-refractivity contribution in [2.24, 2.45) is 0 Å². The van der Waals surface area contributed by atoms with E-state index in [1.165, 1.54) is 36.0 Å². The first-order valence-corrected chi connectivity index (χ1v) is 11.5. The van der Waals surface area contributed by atoms with Crippen molar-refractivity contribution in [1.82, 2.24) is 14.8 Å². The molecule has 3 nitrogen and oxygen atoms in total. The van der Waals surface area contributed by atoms with Crippen molar-refractivity contribution in [2.45, 2.75) is 30.2 Å². The summed E-state index contributed by atoms with van der Waals surface area (Å²) in [5.74, 6) is 0.455. The number of hydrogen-bond donors (Lipinski definition) is 0. The fourth-order valence-corrected chi connectivity index (χ4v) is 4.76. The number of nitrogens with zero attached hydrogens (tertiary/aromatic N) is 3. The van der Waals surface area contributed by atoms with Gasteiger partial charge in [-0.15, -0.1) is 10.2 Å². The molecule has 1 aromatic heterocycles. The van der Waals surface area contributed by atoms with Crippen molar-refractivity contribution in [3.8, 4) is 5.69 Å². The van der Waals surface area contributed by atoms with Gasteiger partial charge in [-0.05, 0) is 73.5 Å². The zero-order chi connectivity index (χ0) is 22.9. The Balaban J connectivity index is 1.76. The van der Waals surface area contributed by atoms with E-state index in [4.69, 9.17) is 23.2 Å². The first-order valence-electron chi connectivity index (χ1n) is 9.80. The summed E-state index contributed by atoms with van der Waals surface area (Å²) >= 11 is 13.7. The van der Waals surface area contributed by atoms with Crippen LogP contribution in [-0.4, -0.2) is 14.8 Å². The minimum absolute atomic E-state index is 0.326. The van der Waals surface area contributed by atoms with Gasteiger partial charge in [0.05, 0.1) is 5.41 Å². The highest BCUT2D eigenvalue weighted by atomic mass is 35.5. The predicted octanol–water partition coefficient (Wildman–Crippen LogP) is 7.47. The van der Waals surface area contributed by atoms with Crippen LogP contribution in [0.4, 0.5) is 8.78 Å². The Morgan fingerprint density at radius 3 is 2.19 bits per heavy atom. The Labute approximate surface area is 199 Å². The van der Waals surface area contributed by atoms with Crippen molar-refractivity contribution in [1.29, 1.82) is 0 Å². The van der Waals surface area contributed by atoms with Crippen LogP contribution >= 0.6 is 35.0 Å². The zero-order valence-corrected chi connectivity index (χ0v) is 19.6. The summed E-state index contributed by atoms with van der Waals surface area (Å²) in [6, 6.07) is 18.1. The minimum Gasteiger partial charge on any atom is -0.273 e. The van der Waals surface area contributed by atoms with E-state index in [0.29, 0.717) is 26.8 Å². The molecule has 0 aliphatic heterocycles. The number of halogens is 4. The van der Waals surface area contributed by atoms with Crippen molar-refractivity contribution < 1.29 is 8.78 Å². The third kappa shape index (κ3) is 4.68. The molecule has 32 heavy (non-hydrogen) atoms. The Kier molecular flexibility index (Phi) is 6.56. The van der Waals surface area contributed by atoms with E-state index >= 15 is 0 Å². The fourth-order valence-electron chi connectivity index (χ4n) is 3.37. The first kappa shape index (κ1) is 22.8. The molecule has 0 N–H and O–H groups in total. The largest absolute Gasteiger partial charge is 0.273 e. The molecule has 0 radical (unpaired) electrons. The molecule has 8 heteroatoms. The molecule has 164 valence electrons. The van der Waals surface area contributed by atoms with Gasteiger partial charge in [-0.1, -0.05) is 53.2 Å². The van der Waals surface area contributed by atoms with Gasteiger partial charge in [-0.25, -0.2) is 8.78 Å². The van der Waals surface area contributed by atoms with Crippen molar-refractivity contribution in [3.63, 3.8) is 0 Å². The predicted molar refractivity (Wildman–Crippen MR) is 126 cm³/mol. The molecule has 0 aliphatic rings. The highest BCUT2D eigenvalue weighted by Crippen LogP contribution is 2.36. The normalized spacial score (nSPS) is 11.7. The Morgan fingerprint density at radius 1 is 0.875 bits per heavy atom. The summed E-state index contributed by atoms with van der Waals surface area (Å²) in [4.78, 5) is 0. The van der Waals surface area contributed by atoms with E-state index in [9.17, 15) is 8.78 Å². The van der Waals surface area contributed by atoms with Crippen LogP contribution in [0.2, 0.25) is 10.0 Å². The van der Waals surface area contributed by atoms with Gasteiger partial charge in [-0.3, -0.25) is 4.57 Å². The van der Waals surface area contributed by atoms with E-state index in [2.05, 4.69) is 10.2 Å². The highest BCUT2D eigenvalue weighted by Gasteiger charge is 2.31. The topological polar surface area (TPSA) is 30.7 Å². The van der Waals surface area contributed by atoms with Gasteiger partial charge >= 0.3 is 0 Å². The van der Waals surface area contributed by atoms with Crippen LogP contribution < -0.4 is 0 Å². The number of thioether (sulfide) groups is 1. The lowest BCUT2D eigenvalue weighted by atomic mass is 9.83. The number of benzene rings is 3. The van der Waals surface area contributed by atoms with Crippen molar-refractivity contribution >= 4 is 35.0 Å². The van der Waals surface area contributed by atoms with E-state index in [0.717, 1.165) is 16.8 Å². The van der Waals surface area contributed by atoms with Gasteiger partial charge in [-0.2, -0.15) is 0 Å². The second-order valence-electron chi connectivity index (χ2n) is 7.77. The maximum Gasteiger partial charge on any atom is 0.196 e. The molecule has 0 bridgehead atoms. The summed E-state index contributed by atoms with van der Waals surface area (Å²) in [5, 5.41) is 10.6. The van der Waals surface area contributed by atoms with Crippen LogP contribution in [0.1, 0.15) is 30.8 Å². The summed E-state index contributed by atoms with van der Waals surface area (Å²) in [5.41, 5.74) is 2.01. The van der Waals surface area contributed by atoms with Gasteiger partial charge < -0.3 is 0 Å². The second-order valence-corrected chi connectivity index (χ2v) is 9.56. The molecule has 0 atom stereocenters. The highest BCUT2D eigenvalue weighted by molar-refractivity contribution is 7.98. The number of aromatic nitrogens is 3. The first-order chi connectivity index (χ1) is 15.3. The SMILES string of the molecule is CC(C)(c1ccc(Cl)cc1)c1nnc(SCc2ccc(F)cc2Cl)n1-c1ccc(F)cc1. The molecule has 0 fully saturated rings. The Hall–Kier alpha value is -2.41. The van der Waals surface area contributed by atoms with Crippen LogP contribution in [0.3, 0.4) is 0 Å². The molecular formula is C24H19Cl2F2N3S. The van der Waals surface area contributed by atoms with Crippen LogP contribution in [0.25, 0.3) is 5.69 Å². The lowest BCUT2D eigenvalue weighted by Gasteiger charge is -2.25. The van der Waals surface area contributed by atoms with Gasteiger partial charge in [0.25, 0.3) is 0 Å². The molecule has 4 rings (SSSR count). The number of hydrogen-bond acceptors (Lipinski definition) is 3. The van der Waals surface area contributed by atoms with Crippen LogP contribution in [-0.2, 0) is 11.2 Å². The quantitative estimate of drug-likeness (QED) is 0.263. The third-order valence-electron chi connectivity index (χ3n) is 5.21. The summed E-state index contributed by atoms with van der Waals surface area (Å²) < 4.78 is 28.9. The zero-order valence-electron chi connectivity index (χ0n) is 17.3. The van der Waals surface area contributed by atoms with E-state index in [-0.39, 0.29) is 11.6 Å². The smallest absolute Gasteiger partial charge is 0.196 e. The van der Waals surface area contributed by atoms with E-state index < -0.39 is 5.41 Å². The van der Waals surface area contributed by atoms with Crippen LogP contribution in [0.15, 0.2) is 71.9 Å². The summed E-state index contributed by atoms with van der Waals surface area (Å²) in [7, 11) is 0. The second kappa shape index (κ2) is 9.22. The third-order valence-corrected chi connectivity index (χ3v) is 6.80. The molecule has 3 aromatic carbocycles. The summed E-state index contributed by atoms with van der Waals surface area (Å²) in [6.07, 6.45) is 0. The average molecular weight is 490 g/mol. The monoisotopic (exact) mass is 489 g/mol. The van der Waals surface area contributed by atoms with Crippen molar-refractivity contribution in [2.75, 3.05) is 0 Å². The maximum atomic E-state index is 13.6. The van der Waals surface area contributed by atoms with Crippen molar-refractivity contribution in [3.05, 3.63) is 105 Å². The maximum absolute atomic E-state index is 13.6. The molecule has 0 saturated carbocycles. The molecule has 0 saturated heterocycles. The molecule has 0 spiro atoms. The standard InChI is InChI=1S/C24H19Cl2F2N3S/c1-24(2,16-4-6-17(25)7-5-16)22-29-30-23(31(22)20-11-9-18(27)10-12-20)32-14-15-3-8-19(28)13-21(15)26/h3-13H,14H2,1-2H3. The lowest BCUT2D eigenvalue weighted by Crippen LogP contribution is -2.24. The van der Waals surface area contributed by atoms with Gasteiger partial charge in [0.15, 0.2) is 5.16 Å². The van der Waals surface area contributed by atoms with E-state index in [1.54, 1.807) is 18.2 Å². The van der Waals surface area contributed by atoms with Gasteiger partial charge in [0.2, 0.25) is 0 Å². The molecule has 4 aromatic rings. The average Bonchev–Trinajstić information content (AvgIpc) is 3.19. The molecule has 0 amide bonds.